The smallest absolute Gasteiger partial charge is 0.410 e. The molecule has 2 bridgehead atoms. The van der Waals surface area contributed by atoms with E-state index in [2.05, 4.69) is 17.0 Å². The highest BCUT2D eigenvalue weighted by atomic mass is 16.6. The summed E-state index contributed by atoms with van der Waals surface area (Å²) in [7, 11) is 0. The molecule has 154 valence electrons. The van der Waals surface area contributed by atoms with Crippen LogP contribution in [0.15, 0.2) is 24.3 Å². The van der Waals surface area contributed by atoms with Gasteiger partial charge in [-0.1, -0.05) is 12.1 Å². The molecule has 28 heavy (non-hydrogen) atoms. The van der Waals surface area contributed by atoms with Crippen LogP contribution in [0.3, 0.4) is 0 Å². The predicted octanol–water partition coefficient (Wildman–Crippen LogP) is 3.27. The number of rotatable bonds is 2. The number of anilines is 1. The Bertz CT molecular complexity index is 692. The molecule has 2 atom stereocenters. The summed E-state index contributed by atoms with van der Waals surface area (Å²) in [5.74, 6) is 0. The molecule has 1 aromatic carbocycles. The lowest BCUT2D eigenvalue weighted by atomic mass is 9.80. The number of aliphatic hydroxyl groups is 1. The quantitative estimate of drug-likeness (QED) is 0.843. The number of carbonyl (C=O) groups excluding carboxylic acids is 1. The zero-order valence-electron chi connectivity index (χ0n) is 17.2. The number of hydrogen-bond acceptors (Lipinski definition) is 5. The third kappa shape index (κ3) is 3.85. The highest BCUT2D eigenvalue weighted by Gasteiger charge is 2.51. The minimum atomic E-state index is -0.881. The zero-order valence-corrected chi connectivity index (χ0v) is 17.2. The maximum Gasteiger partial charge on any atom is 0.410 e. The van der Waals surface area contributed by atoms with E-state index in [9.17, 15) is 9.90 Å². The molecule has 0 saturated carbocycles. The van der Waals surface area contributed by atoms with Gasteiger partial charge in [0.05, 0.1) is 18.8 Å². The molecular weight excluding hydrogens is 356 g/mol. The van der Waals surface area contributed by atoms with Crippen molar-refractivity contribution in [1.82, 2.24) is 4.90 Å². The minimum absolute atomic E-state index is 0.0394. The third-order valence-electron chi connectivity index (χ3n) is 6.15. The number of morpholine rings is 1. The van der Waals surface area contributed by atoms with E-state index in [0.717, 1.165) is 44.7 Å². The highest BCUT2D eigenvalue weighted by Crippen LogP contribution is 2.46. The largest absolute Gasteiger partial charge is 0.444 e. The third-order valence-corrected chi connectivity index (χ3v) is 6.15. The highest BCUT2D eigenvalue weighted by molar-refractivity contribution is 5.70. The molecule has 3 fully saturated rings. The van der Waals surface area contributed by atoms with E-state index >= 15 is 0 Å². The molecular formula is C22H32N2O4. The molecule has 0 aromatic heterocycles. The van der Waals surface area contributed by atoms with Crippen molar-refractivity contribution in [3.8, 4) is 0 Å². The Morgan fingerprint density at radius 3 is 2.21 bits per heavy atom. The van der Waals surface area contributed by atoms with Crippen LogP contribution in [0, 0.1) is 0 Å². The average Bonchev–Trinajstić information content (AvgIpc) is 2.94. The number of hydrogen-bond donors (Lipinski definition) is 1. The SMILES string of the molecule is CC(C)(C)OC(=O)N1C2CCC1CC(O)(c1ccc(N3CCOCC3)cc1)C2. The second kappa shape index (κ2) is 7.23. The molecule has 6 nitrogen and oxygen atoms in total. The first kappa shape index (κ1) is 19.5. The second-order valence-electron chi connectivity index (χ2n) is 9.36. The number of fused-ring (bicyclic) bond motifs is 2. The van der Waals surface area contributed by atoms with Crippen LogP contribution in [-0.2, 0) is 15.1 Å². The van der Waals surface area contributed by atoms with Gasteiger partial charge >= 0.3 is 6.09 Å². The van der Waals surface area contributed by atoms with Crippen molar-refractivity contribution < 1.29 is 19.4 Å². The van der Waals surface area contributed by atoms with Crippen LogP contribution in [0.5, 0.6) is 0 Å². The van der Waals surface area contributed by atoms with Crippen LogP contribution in [0.2, 0.25) is 0 Å². The van der Waals surface area contributed by atoms with E-state index in [0.29, 0.717) is 12.8 Å². The first-order chi connectivity index (χ1) is 13.3. The lowest BCUT2D eigenvalue weighted by molar-refractivity contribution is -0.0624. The second-order valence-corrected chi connectivity index (χ2v) is 9.36. The molecule has 0 spiro atoms. The number of amides is 1. The molecule has 1 amide bonds. The molecule has 0 aliphatic carbocycles. The standard InChI is InChI=1S/C22H32N2O4/c1-21(2,3)28-20(25)24-18-8-9-19(24)15-22(26,14-18)16-4-6-17(7-5-16)23-10-12-27-13-11-23/h4-7,18-19,26H,8-15H2,1-3H3. The zero-order chi connectivity index (χ0) is 19.9. The summed E-state index contributed by atoms with van der Waals surface area (Å²) in [6, 6.07) is 8.37. The van der Waals surface area contributed by atoms with Gasteiger partial charge in [-0.3, -0.25) is 0 Å². The lowest BCUT2D eigenvalue weighted by Crippen LogP contribution is -2.53. The van der Waals surface area contributed by atoms with E-state index in [1.807, 2.05) is 37.8 Å². The number of nitrogens with zero attached hydrogens (tertiary/aromatic N) is 2. The maximum absolute atomic E-state index is 12.6. The minimum Gasteiger partial charge on any atom is -0.444 e. The molecule has 0 radical (unpaired) electrons. The van der Waals surface area contributed by atoms with Gasteiger partial charge in [0.2, 0.25) is 0 Å². The van der Waals surface area contributed by atoms with E-state index in [-0.39, 0.29) is 18.2 Å². The van der Waals surface area contributed by atoms with Crippen LogP contribution in [0.4, 0.5) is 10.5 Å². The van der Waals surface area contributed by atoms with Crippen molar-refractivity contribution in [2.45, 2.75) is 69.7 Å². The molecule has 1 aromatic rings. The number of piperidine rings is 1. The van der Waals surface area contributed by atoms with Crippen molar-refractivity contribution >= 4 is 11.8 Å². The van der Waals surface area contributed by atoms with Crippen LogP contribution in [0.1, 0.15) is 52.0 Å². The summed E-state index contributed by atoms with van der Waals surface area (Å²) in [6.07, 6.45) is 2.75. The Kier molecular flexibility index (Phi) is 5.04. The fourth-order valence-electron chi connectivity index (χ4n) is 4.88. The number of ether oxygens (including phenoxy) is 2. The van der Waals surface area contributed by atoms with E-state index in [4.69, 9.17) is 9.47 Å². The first-order valence-electron chi connectivity index (χ1n) is 10.4. The molecule has 2 unspecified atom stereocenters. The Labute approximate surface area is 167 Å². The van der Waals surface area contributed by atoms with Crippen LogP contribution >= 0.6 is 0 Å². The van der Waals surface area contributed by atoms with Gasteiger partial charge in [-0.15, -0.1) is 0 Å². The summed E-state index contributed by atoms with van der Waals surface area (Å²) < 4.78 is 11.0. The van der Waals surface area contributed by atoms with Gasteiger partial charge < -0.3 is 24.4 Å². The maximum atomic E-state index is 12.6. The lowest BCUT2D eigenvalue weighted by Gasteiger charge is -2.44. The van der Waals surface area contributed by atoms with Crippen LogP contribution in [-0.4, -0.2) is 60.1 Å². The van der Waals surface area contributed by atoms with Crippen molar-refractivity contribution in [2.75, 3.05) is 31.2 Å². The van der Waals surface area contributed by atoms with Gasteiger partial charge in [0.15, 0.2) is 0 Å². The summed E-state index contributed by atoms with van der Waals surface area (Å²) in [4.78, 5) is 16.8. The summed E-state index contributed by atoms with van der Waals surface area (Å²) >= 11 is 0. The molecule has 3 aliphatic rings. The Morgan fingerprint density at radius 1 is 1.11 bits per heavy atom. The first-order valence-corrected chi connectivity index (χ1v) is 10.4. The topological polar surface area (TPSA) is 62.2 Å². The molecule has 1 N–H and O–H groups in total. The predicted molar refractivity (Wildman–Crippen MR) is 107 cm³/mol. The normalized spacial score (nSPS) is 30.4. The van der Waals surface area contributed by atoms with Crippen LogP contribution < -0.4 is 4.90 Å². The molecule has 3 aliphatic heterocycles. The average molecular weight is 389 g/mol. The fraction of sp³-hybridized carbons (Fsp3) is 0.682. The molecule has 4 rings (SSSR count). The Morgan fingerprint density at radius 2 is 1.68 bits per heavy atom. The number of benzene rings is 1. The molecule has 3 saturated heterocycles. The molecule has 6 heteroatoms. The Hall–Kier alpha value is -1.79. The van der Waals surface area contributed by atoms with Crippen molar-refractivity contribution in [2.24, 2.45) is 0 Å². The van der Waals surface area contributed by atoms with Gasteiger partial charge in [0.25, 0.3) is 0 Å². The van der Waals surface area contributed by atoms with Crippen molar-refractivity contribution in [1.29, 1.82) is 0 Å². The van der Waals surface area contributed by atoms with Gasteiger partial charge in [-0.2, -0.15) is 0 Å². The summed E-state index contributed by atoms with van der Waals surface area (Å²) in [6.45, 7) is 9.00. The fourth-order valence-corrected chi connectivity index (χ4v) is 4.88. The van der Waals surface area contributed by atoms with Crippen LogP contribution in [0.25, 0.3) is 0 Å². The van der Waals surface area contributed by atoms with Gasteiger partial charge in [0.1, 0.15) is 5.60 Å². The van der Waals surface area contributed by atoms with Crippen molar-refractivity contribution in [3.05, 3.63) is 29.8 Å². The molecule has 3 heterocycles. The van der Waals surface area contributed by atoms with Gasteiger partial charge in [-0.05, 0) is 51.3 Å². The summed E-state index contributed by atoms with van der Waals surface area (Å²) in [5, 5.41) is 11.4. The van der Waals surface area contributed by atoms with E-state index < -0.39 is 11.2 Å². The van der Waals surface area contributed by atoms with Gasteiger partial charge in [0, 0.05) is 43.7 Å². The van der Waals surface area contributed by atoms with E-state index in [1.165, 1.54) is 5.69 Å². The van der Waals surface area contributed by atoms with Crippen molar-refractivity contribution in [3.63, 3.8) is 0 Å². The van der Waals surface area contributed by atoms with Gasteiger partial charge in [-0.25, -0.2) is 4.79 Å². The van der Waals surface area contributed by atoms with E-state index in [1.54, 1.807) is 0 Å². The Balaban J connectivity index is 1.47. The summed E-state index contributed by atoms with van der Waals surface area (Å²) in [5.41, 5.74) is 0.739. The number of carbonyl (C=O) groups is 1. The monoisotopic (exact) mass is 388 g/mol.